The molecule has 0 amide bonds. The second-order valence-electron chi connectivity index (χ2n) is 4.39. The van der Waals surface area contributed by atoms with E-state index in [1.807, 2.05) is 0 Å². The predicted molar refractivity (Wildman–Crippen MR) is 64.2 cm³/mol. The largest absolute Gasteiger partial charge is 0.328 e. The van der Waals surface area contributed by atoms with Crippen molar-refractivity contribution in [2.45, 2.75) is 59.5 Å². The van der Waals surface area contributed by atoms with Crippen LogP contribution in [0.3, 0.4) is 0 Å². The lowest BCUT2D eigenvalue weighted by Gasteiger charge is -2.20. The van der Waals surface area contributed by atoms with E-state index in [2.05, 4.69) is 13.8 Å². The highest BCUT2D eigenvalue weighted by molar-refractivity contribution is 7.52. The molecular formula is C11H25O3P. The van der Waals surface area contributed by atoms with Crippen LogP contribution in [0.1, 0.15) is 53.4 Å². The molecule has 2 atom stereocenters. The number of hydrogen-bond acceptors (Lipinski definition) is 2. The molecule has 0 rings (SSSR count). The maximum absolute atomic E-state index is 11.7. The molecule has 0 aromatic heterocycles. The molecule has 92 valence electrons. The van der Waals surface area contributed by atoms with E-state index in [1.54, 1.807) is 13.8 Å². The lowest BCUT2D eigenvalue weighted by atomic mass is 10.0. The van der Waals surface area contributed by atoms with Crippen LogP contribution in [0.4, 0.5) is 0 Å². The molecule has 0 aliphatic carbocycles. The summed E-state index contributed by atoms with van der Waals surface area (Å²) in [4.78, 5) is 9.62. The Morgan fingerprint density at radius 2 is 1.93 bits per heavy atom. The van der Waals surface area contributed by atoms with Crippen LogP contribution in [0.15, 0.2) is 0 Å². The van der Waals surface area contributed by atoms with Crippen molar-refractivity contribution in [1.82, 2.24) is 0 Å². The lowest BCUT2D eigenvalue weighted by Crippen LogP contribution is -2.10. The first-order valence-corrected chi connectivity index (χ1v) is 7.67. The van der Waals surface area contributed by atoms with Crippen molar-refractivity contribution in [3.63, 3.8) is 0 Å². The third-order valence-electron chi connectivity index (χ3n) is 2.41. The van der Waals surface area contributed by atoms with Crippen LogP contribution in [-0.4, -0.2) is 17.2 Å². The Morgan fingerprint density at radius 3 is 2.33 bits per heavy atom. The van der Waals surface area contributed by atoms with Crippen LogP contribution in [0.5, 0.6) is 0 Å². The normalized spacial score (nSPS) is 17.7. The first kappa shape index (κ1) is 15.2. The standard InChI is InChI=1S/C11H25O3P/c1-5-7-8-11(6-2)9-15(12,13)14-10(3)4/h10-11H,5-9H2,1-4H3,(H,12,13). The fourth-order valence-electron chi connectivity index (χ4n) is 1.62. The van der Waals surface area contributed by atoms with Crippen molar-refractivity contribution in [3.05, 3.63) is 0 Å². The van der Waals surface area contributed by atoms with Gasteiger partial charge in [-0.1, -0.05) is 33.1 Å². The van der Waals surface area contributed by atoms with Crippen LogP contribution in [0, 0.1) is 5.92 Å². The predicted octanol–water partition coefficient (Wildman–Crippen LogP) is 3.81. The fraction of sp³-hybridized carbons (Fsp3) is 1.00. The van der Waals surface area contributed by atoms with Crippen molar-refractivity contribution >= 4 is 7.60 Å². The second-order valence-corrected chi connectivity index (χ2v) is 6.24. The van der Waals surface area contributed by atoms with Crippen LogP contribution in [-0.2, 0) is 9.09 Å². The van der Waals surface area contributed by atoms with Crippen molar-refractivity contribution in [2.24, 2.45) is 5.92 Å². The smallest absolute Gasteiger partial charge is 0.324 e. The highest BCUT2D eigenvalue weighted by Gasteiger charge is 2.25. The monoisotopic (exact) mass is 236 g/mol. The number of hydrogen-bond donors (Lipinski definition) is 1. The molecule has 0 saturated heterocycles. The summed E-state index contributed by atoms with van der Waals surface area (Å²) in [6.07, 6.45) is 4.37. The molecule has 2 unspecified atom stereocenters. The average Bonchev–Trinajstić information content (AvgIpc) is 2.09. The molecule has 0 aromatic rings. The molecule has 0 spiro atoms. The summed E-state index contributed by atoms with van der Waals surface area (Å²) in [5.74, 6) is 0.319. The maximum Gasteiger partial charge on any atom is 0.328 e. The molecule has 3 nitrogen and oxygen atoms in total. The van der Waals surface area contributed by atoms with E-state index in [-0.39, 0.29) is 6.10 Å². The third-order valence-corrected chi connectivity index (χ3v) is 4.14. The van der Waals surface area contributed by atoms with E-state index in [0.29, 0.717) is 12.1 Å². The summed E-state index contributed by atoms with van der Waals surface area (Å²) in [6.45, 7) is 7.78. The molecular weight excluding hydrogens is 211 g/mol. The van der Waals surface area contributed by atoms with Gasteiger partial charge in [-0.05, 0) is 26.2 Å². The highest BCUT2D eigenvalue weighted by Crippen LogP contribution is 2.46. The topological polar surface area (TPSA) is 46.5 Å². The Hall–Kier alpha value is 0.150. The minimum Gasteiger partial charge on any atom is -0.324 e. The molecule has 0 aliphatic rings. The molecule has 15 heavy (non-hydrogen) atoms. The Kier molecular flexibility index (Phi) is 7.50. The molecule has 4 heteroatoms. The molecule has 0 bridgehead atoms. The van der Waals surface area contributed by atoms with E-state index >= 15 is 0 Å². The van der Waals surface area contributed by atoms with Gasteiger partial charge in [0.1, 0.15) is 0 Å². The van der Waals surface area contributed by atoms with Gasteiger partial charge in [-0.2, -0.15) is 0 Å². The third kappa shape index (κ3) is 8.01. The van der Waals surface area contributed by atoms with Crippen molar-refractivity contribution < 1.29 is 14.0 Å². The average molecular weight is 236 g/mol. The van der Waals surface area contributed by atoms with Gasteiger partial charge in [-0.25, -0.2) is 0 Å². The van der Waals surface area contributed by atoms with Crippen LogP contribution in [0.25, 0.3) is 0 Å². The van der Waals surface area contributed by atoms with Gasteiger partial charge in [0.15, 0.2) is 0 Å². The van der Waals surface area contributed by atoms with Crippen molar-refractivity contribution in [2.75, 3.05) is 6.16 Å². The first-order valence-electron chi connectivity index (χ1n) is 5.91. The molecule has 0 aliphatic heterocycles. The van der Waals surface area contributed by atoms with Gasteiger partial charge in [0.05, 0.1) is 12.3 Å². The van der Waals surface area contributed by atoms with E-state index in [0.717, 1.165) is 25.7 Å². The molecule has 0 fully saturated rings. The van der Waals surface area contributed by atoms with Gasteiger partial charge in [0.25, 0.3) is 0 Å². The minimum atomic E-state index is -3.36. The molecule has 0 aromatic carbocycles. The SMILES string of the molecule is CCCCC(CC)CP(=O)(O)OC(C)C. The lowest BCUT2D eigenvalue weighted by molar-refractivity contribution is 0.200. The summed E-state index contributed by atoms with van der Waals surface area (Å²) in [7, 11) is -3.36. The van der Waals surface area contributed by atoms with Gasteiger partial charge in [-0.15, -0.1) is 0 Å². The Bertz CT molecular complexity index is 204. The van der Waals surface area contributed by atoms with Gasteiger partial charge < -0.3 is 9.42 Å². The van der Waals surface area contributed by atoms with Crippen molar-refractivity contribution in [1.29, 1.82) is 0 Å². The maximum atomic E-state index is 11.7. The van der Waals surface area contributed by atoms with E-state index in [4.69, 9.17) is 4.52 Å². The van der Waals surface area contributed by atoms with Gasteiger partial charge >= 0.3 is 7.60 Å². The quantitative estimate of drug-likeness (QED) is 0.652. The van der Waals surface area contributed by atoms with Gasteiger partial charge in [0, 0.05) is 0 Å². The summed E-state index contributed by atoms with van der Waals surface area (Å²) in [6, 6.07) is 0. The van der Waals surface area contributed by atoms with Gasteiger partial charge in [-0.3, -0.25) is 4.57 Å². The Morgan fingerprint density at radius 1 is 1.33 bits per heavy atom. The van der Waals surface area contributed by atoms with Crippen molar-refractivity contribution in [3.8, 4) is 0 Å². The first-order chi connectivity index (χ1) is 6.91. The van der Waals surface area contributed by atoms with Crippen LogP contribution in [0.2, 0.25) is 0 Å². The second kappa shape index (κ2) is 7.43. The van der Waals surface area contributed by atoms with E-state index in [1.165, 1.54) is 0 Å². The van der Waals surface area contributed by atoms with Gasteiger partial charge in [0.2, 0.25) is 0 Å². The van der Waals surface area contributed by atoms with Crippen LogP contribution < -0.4 is 0 Å². The molecule has 1 N–H and O–H groups in total. The van der Waals surface area contributed by atoms with Crippen LogP contribution >= 0.6 is 7.60 Å². The summed E-state index contributed by atoms with van der Waals surface area (Å²) < 4.78 is 16.8. The number of unbranched alkanes of at least 4 members (excludes halogenated alkanes) is 1. The molecule has 0 radical (unpaired) electrons. The molecule has 0 heterocycles. The molecule has 0 saturated carbocycles. The zero-order valence-corrected chi connectivity index (χ0v) is 11.3. The zero-order valence-electron chi connectivity index (χ0n) is 10.4. The number of rotatable bonds is 8. The zero-order chi connectivity index (χ0) is 11.9. The van der Waals surface area contributed by atoms with E-state index in [9.17, 15) is 9.46 Å². The Labute approximate surface area is 93.8 Å². The summed E-state index contributed by atoms with van der Waals surface area (Å²) in [5.41, 5.74) is 0. The summed E-state index contributed by atoms with van der Waals surface area (Å²) in [5, 5.41) is 0. The van der Waals surface area contributed by atoms with E-state index < -0.39 is 7.60 Å². The fourth-order valence-corrected chi connectivity index (χ4v) is 3.45. The summed E-state index contributed by atoms with van der Waals surface area (Å²) >= 11 is 0. The highest BCUT2D eigenvalue weighted by atomic mass is 31.2. The Balaban J connectivity index is 4.08. The minimum absolute atomic E-state index is 0.176.